The summed E-state index contributed by atoms with van der Waals surface area (Å²) < 4.78 is 17.8. The van der Waals surface area contributed by atoms with Crippen LogP contribution in [0.1, 0.15) is 50.9 Å². The summed E-state index contributed by atoms with van der Waals surface area (Å²) in [4.78, 5) is 32.3. The number of rotatable bonds is 12. The molecule has 1 aliphatic rings. The second kappa shape index (κ2) is 14.5. The number of aromatic nitrogens is 4. The maximum Gasteiger partial charge on any atom is 0.274 e. The number of ketones is 1. The summed E-state index contributed by atoms with van der Waals surface area (Å²) in [5.74, 6) is 1.56. The van der Waals surface area contributed by atoms with E-state index in [0.29, 0.717) is 34.7 Å². The van der Waals surface area contributed by atoms with Crippen molar-refractivity contribution in [2.24, 2.45) is 0 Å². The number of amides is 1. The van der Waals surface area contributed by atoms with E-state index in [0.717, 1.165) is 49.7 Å². The van der Waals surface area contributed by atoms with Crippen LogP contribution in [0.3, 0.4) is 0 Å². The van der Waals surface area contributed by atoms with Gasteiger partial charge in [0.05, 0.1) is 45.1 Å². The minimum atomic E-state index is -0.435. The number of fused-ring (bicyclic) bond motifs is 1. The highest BCUT2D eigenvalue weighted by molar-refractivity contribution is 6.09. The van der Waals surface area contributed by atoms with Gasteiger partial charge in [0.15, 0.2) is 17.3 Å². The molecule has 2 aromatic heterocycles. The Morgan fingerprint density at radius 1 is 0.896 bits per heavy atom. The summed E-state index contributed by atoms with van der Waals surface area (Å²) in [6.45, 7) is 4.61. The predicted molar refractivity (Wildman–Crippen MR) is 182 cm³/mol. The fourth-order valence-electron chi connectivity index (χ4n) is 5.82. The lowest BCUT2D eigenvalue weighted by molar-refractivity contribution is 0.0989. The number of carbonyl (C=O) groups is 2. The molecular formula is C37H38N6O5. The molecule has 1 aliphatic heterocycles. The maximum atomic E-state index is 13.0. The first-order valence-corrected chi connectivity index (χ1v) is 15.9. The molecule has 3 aromatic carbocycles. The van der Waals surface area contributed by atoms with Crippen molar-refractivity contribution < 1.29 is 23.8 Å². The minimum Gasteiger partial charge on any atom is -0.495 e. The van der Waals surface area contributed by atoms with Gasteiger partial charge in [-0.3, -0.25) is 14.5 Å². The Morgan fingerprint density at radius 2 is 1.67 bits per heavy atom. The van der Waals surface area contributed by atoms with Gasteiger partial charge in [-0.25, -0.2) is 9.67 Å². The summed E-state index contributed by atoms with van der Waals surface area (Å²) in [5.41, 5.74) is 7.03. The van der Waals surface area contributed by atoms with Crippen molar-refractivity contribution in [2.45, 2.75) is 32.7 Å². The van der Waals surface area contributed by atoms with Gasteiger partial charge in [-0.2, -0.15) is 0 Å². The van der Waals surface area contributed by atoms with Crippen LogP contribution in [0.4, 0.5) is 5.69 Å². The molecule has 0 unspecified atom stereocenters. The van der Waals surface area contributed by atoms with Crippen LogP contribution in [0.15, 0.2) is 79.1 Å². The predicted octanol–water partition coefficient (Wildman–Crippen LogP) is 5.80. The van der Waals surface area contributed by atoms with Crippen molar-refractivity contribution in [1.29, 1.82) is 0 Å². The fourth-order valence-corrected chi connectivity index (χ4v) is 5.82. The number of carbonyl (C=O) groups excluding carboxylic acids is 2. The van der Waals surface area contributed by atoms with E-state index in [1.807, 2.05) is 24.4 Å². The Hall–Kier alpha value is -5.55. The second-order valence-corrected chi connectivity index (χ2v) is 11.5. The van der Waals surface area contributed by atoms with Crippen LogP contribution in [-0.2, 0) is 19.4 Å². The van der Waals surface area contributed by atoms with Gasteiger partial charge in [-0.1, -0.05) is 30.3 Å². The SMILES string of the molecule is CCC(=O)c1ccc(-c2cn(-c3ccc(CCN4CCc5cc(OC)c(OC)cc5C4)cc3)nn2)cc1NC(=O)c1ccc(OC)cn1. The van der Waals surface area contributed by atoms with E-state index in [4.69, 9.17) is 14.2 Å². The smallest absolute Gasteiger partial charge is 0.274 e. The maximum absolute atomic E-state index is 13.0. The van der Waals surface area contributed by atoms with E-state index in [2.05, 4.69) is 49.8 Å². The molecule has 246 valence electrons. The van der Waals surface area contributed by atoms with Crippen molar-refractivity contribution >= 4 is 17.4 Å². The average Bonchev–Trinajstić information content (AvgIpc) is 3.63. The topological polar surface area (TPSA) is 121 Å². The number of hydrogen-bond acceptors (Lipinski definition) is 9. The highest BCUT2D eigenvalue weighted by atomic mass is 16.5. The quantitative estimate of drug-likeness (QED) is 0.168. The summed E-state index contributed by atoms with van der Waals surface area (Å²) in [5, 5.41) is 11.6. The number of anilines is 1. The molecule has 0 atom stereocenters. The molecule has 6 rings (SSSR count). The molecule has 0 radical (unpaired) electrons. The standard InChI is InChI=1S/C37H38N6O5/c1-5-34(44)30-12-8-26(18-32(30)39-37(45)31-13-11-29(46-2)21-38-31)33-23-43(41-40-33)28-9-6-24(7-10-28)14-16-42-17-15-25-19-35(47-3)36(48-4)20-27(25)22-42/h6-13,18-21,23H,5,14-17,22H2,1-4H3,(H,39,45). The molecule has 0 aliphatic carbocycles. The molecule has 0 fully saturated rings. The van der Waals surface area contributed by atoms with Crippen molar-refractivity contribution in [3.05, 3.63) is 107 Å². The number of nitrogens with zero attached hydrogens (tertiary/aromatic N) is 5. The highest BCUT2D eigenvalue weighted by Crippen LogP contribution is 2.33. The van der Waals surface area contributed by atoms with E-state index >= 15 is 0 Å². The van der Waals surface area contributed by atoms with Gasteiger partial charge in [0, 0.05) is 37.2 Å². The molecular weight excluding hydrogens is 608 g/mol. The van der Waals surface area contributed by atoms with Crippen LogP contribution in [0.5, 0.6) is 17.2 Å². The van der Waals surface area contributed by atoms with Crippen LogP contribution in [-0.4, -0.2) is 71.0 Å². The van der Waals surface area contributed by atoms with Gasteiger partial charge in [-0.05, 0) is 78.1 Å². The molecule has 0 saturated heterocycles. The van der Waals surface area contributed by atoms with Gasteiger partial charge in [0.1, 0.15) is 17.1 Å². The molecule has 11 nitrogen and oxygen atoms in total. The lowest BCUT2D eigenvalue weighted by atomic mass is 9.98. The Bertz CT molecular complexity index is 1920. The zero-order chi connectivity index (χ0) is 33.6. The zero-order valence-electron chi connectivity index (χ0n) is 27.5. The van der Waals surface area contributed by atoms with E-state index in [1.54, 1.807) is 50.1 Å². The number of hydrogen-bond donors (Lipinski definition) is 1. The fraction of sp³-hybridized carbons (Fsp3) is 0.270. The largest absolute Gasteiger partial charge is 0.495 e. The molecule has 0 saturated carbocycles. The van der Waals surface area contributed by atoms with Crippen molar-refractivity contribution in [2.75, 3.05) is 39.7 Å². The Morgan fingerprint density at radius 3 is 2.35 bits per heavy atom. The van der Waals surface area contributed by atoms with E-state index in [-0.39, 0.29) is 11.5 Å². The van der Waals surface area contributed by atoms with Crippen molar-refractivity contribution in [1.82, 2.24) is 24.9 Å². The van der Waals surface area contributed by atoms with Gasteiger partial charge in [-0.15, -0.1) is 5.10 Å². The van der Waals surface area contributed by atoms with E-state index in [9.17, 15) is 9.59 Å². The van der Waals surface area contributed by atoms with Gasteiger partial charge < -0.3 is 19.5 Å². The Balaban J connectivity index is 1.12. The number of benzene rings is 3. The lowest BCUT2D eigenvalue weighted by Crippen LogP contribution is -2.32. The normalized spacial score (nSPS) is 12.7. The average molecular weight is 647 g/mol. The molecule has 1 N–H and O–H groups in total. The third-order valence-corrected chi connectivity index (χ3v) is 8.60. The first-order valence-electron chi connectivity index (χ1n) is 15.9. The van der Waals surface area contributed by atoms with Crippen LogP contribution in [0, 0.1) is 0 Å². The molecule has 11 heteroatoms. The van der Waals surface area contributed by atoms with Crippen molar-refractivity contribution in [3.63, 3.8) is 0 Å². The Labute approximate surface area is 279 Å². The third-order valence-electron chi connectivity index (χ3n) is 8.60. The molecule has 1 amide bonds. The van der Waals surface area contributed by atoms with Gasteiger partial charge >= 0.3 is 0 Å². The first-order chi connectivity index (χ1) is 23.4. The van der Waals surface area contributed by atoms with Crippen LogP contribution < -0.4 is 19.5 Å². The Kier molecular flexibility index (Phi) is 9.77. The lowest BCUT2D eigenvalue weighted by Gasteiger charge is -2.29. The molecule has 48 heavy (non-hydrogen) atoms. The highest BCUT2D eigenvalue weighted by Gasteiger charge is 2.20. The van der Waals surface area contributed by atoms with Crippen LogP contribution in [0.25, 0.3) is 16.9 Å². The van der Waals surface area contributed by atoms with Crippen molar-refractivity contribution in [3.8, 4) is 34.2 Å². The number of Topliss-reactive ketones (excluding diaryl/α,β-unsaturated/α-hetero) is 1. The van der Waals surface area contributed by atoms with Gasteiger partial charge in [0.2, 0.25) is 0 Å². The van der Waals surface area contributed by atoms with Gasteiger partial charge in [0.25, 0.3) is 5.91 Å². The van der Waals surface area contributed by atoms with Crippen LogP contribution >= 0.6 is 0 Å². The summed E-state index contributed by atoms with van der Waals surface area (Å²) in [7, 11) is 4.87. The third kappa shape index (κ3) is 7.06. The summed E-state index contributed by atoms with van der Waals surface area (Å²) in [6.07, 6.45) is 5.50. The molecule has 0 spiro atoms. The molecule has 0 bridgehead atoms. The van der Waals surface area contributed by atoms with E-state index < -0.39 is 5.91 Å². The molecule has 5 aromatic rings. The monoisotopic (exact) mass is 646 g/mol. The zero-order valence-corrected chi connectivity index (χ0v) is 27.5. The first kappa shape index (κ1) is 32.4. The van der Waals surface area contributed by atoms with E-state index in [1.165, 1.54) is 30.0 Å². The number of nitrogens with one attached hydrogen (secondary N) is 1. The molecule has 3 heterocycles. The summed E-state index contributed by atoms with van der Waals surface area (Å²) in [6, 6.07) is 21.0. The number of methoxy groups -OCH3 is 3. The minimum absolute atomic E-state index is 0.0886. The number of pyridine rings is 1. The number of ether oxygens (including phenoxy) is 3. The second-order valence-electron chi connectivity index (χ2n) is 11.5. The summed E-state index contributed by atoms with van der Waals surface area (Å²) >= 11 is 0. The van der Waals surface area contributed by atoms with Crippen LogP contribution in [0.2, 0.25) is 0 Å².